The molecule has 2 fully saturated rings. The number of rotatable bonds is 0. The Morgan fingerprint density at radius 1 is 1.14 bits per heavy atom. The molecule has 0 aromatic carbocycles. The Balaban J connectivity index is 1.88. The summed E-state index contributed by atoms with van der Waals surface area (Å²) in [6.07, 6.45) is 8.13. The van der Waals surface area contributed by atoms with Crippen LogP contribution in [0.1, 0.15) is 44.9 Å². The van der Waals surface area contributed by atoms with Gasteiger partial charge in [-0.1, -0.05) is 25.2 Å². The molecule has 0 spiro atoms. The van der Waals surface area contributed by atoms with E-state index < -0.39 is 0 Å². The van der Waals surface area contributed by atoms with E-state index in [9.17, 15) is 4.79 Å². The molecule has 0 N–H and O–H groups in total. The van der Waals surface area contributed by atoms with Gasteiger partial charge in [-0.25, -0.2) is 0 Å². The van der Waals surface area contributed by atoms with Crippen molar-refractivity contribution in [3.63, 3.8) is 0 Å². The van der Waals surface area contributed by atoms with Gasteiger partial charge in [0.15, 0.2) is 0 Å². The molecule has 2 aliphatic rings. The molecule has 1 heterocycles. The Kier molecular flexibility index (Phi) is 3.08. The quantitative estimate of drug-likeness (QED) is 0.537. The lowest BCUT2D eigenvalue weighted by Gasteiger charge is -2.16. The molecule has 2 nitrogen and oxygen atoms in total. The number of likely N-dealkylation sites (tertiary alicyclic amines) is 1. The van der Waals surface area contributed by atoms with Crippen LogP contribution in [-0.4, -0.2) is 17.4 Å². The van der Waals surface area contributed by atoms with Gasteiger partial charge in [-0.05, 0) is 19.3 Å². The summed E-state index contributed by atoms with van der Waals surface area (Å²) in [5.41, 5.74) is 0. The Bertz CT molecular complexity index is 268. The summed E-state index contributed by atoms with van der Waals surface area (Å²) in [4.78, 5) is 13.0. The lowest BCUT2D eigenvalue weighted by molar-refractivity contribution is -0.125. The fourth-order valence-electron chi connectivity index (χ4n) is 2.18. The topological polar surface area (TPSA) is 20.3 Å². The second kappa shape index (κ2) is 4.50. The first-order valence-corrected chi connectivity index (χ1v) is 5.68. The average Bonchev–Trinajstić information content (AvgIpc) is 2.63. The molecule has 0 atom stereocenters. The minimum atomic E-state index is 0.216. The van der Waals surface area contributed by atoms with Crippen molar-refractivity contribution in [1.82, 2.24) is 4.90 Å². The highest BCUT2D eigenvalue weighted by Crippen LogP contribution is 2.22. The van der Waals surface area contributed by atoms with E-state index in [1.165, 1.54) is 32.1 Å². The van der Waals surface area contributed by atoms with E-state index in [0.717, 1.165) is 13.0 Å². The van der Waals surface area contributed by atoms with E-state index >= 15 is 0 Å². The van der Waals surface area contributed by atoms with E-state index in [1.807, 2.05) is 0 Å². The van der Waals surface area contributed by atoms with Gasteiger partial charge in [-0.2, -0.15) is 0 Å². The zero-order chi connectivity index (χ0) is 9.80. The molecule has 14 heavy (non-hydrogen) atoms. The van der Waals surface area contributed by atoms with Crippen molar-refractivity contribution < 1.29 is 4.79 Å². The summed E-state index contributed by atoms with van der Waals surface area (Å²) >= 11 is 0. The lowest BCUT2D eigenvalue weighted by Crippen LogP contribution is -2.18. The van der Waals surface area contributed by atoms with Gasteiger partial charge in [0.05, 0.1) is 0 Å². The van der Waals surface area contributed by atoms with Crippen molar-refractivity contribution in [1.29, 1.82) is 0 Å². The Labute approximate surface area is 85.7 Å². The van der Waals surface area contributed by atoms with Crippen LogP contribution in [0.2, 0.25) is 0 Å². The van der Waals surface area contributed by atoms with Crippen molar-refractivity contribution in [2.75, 3.05) is 6.54 Å². The van der Waals surface area contributed by atoms with E-state index in [1.54, 1.807) is 4.90 Å². The maximum Gasteiger partial charge on any atom is 0.234 e. The maximum absolute atomic E-state index is 11.3. The largest absolute Gasteiger partial charge is 0.274 e. The van der Waals surface area contributed by atoms with Gasteiger partial charge in [0, 0.05) is 24.9 Å². The molecule has 1 aliphatic heterocycles. The molecule has 0 aromatic heterocycles. The van der Waals surface area contributed by atoms with Crippen LogP contribution in [0.5, 0.6) is 0 Å². The summed E-state index contributed by atoms with van der Waals surface area (Å²) in [5.74, 6) is 4.02. The summed E-state index contributed by atoms with van der Waals surface area (Å²) in [7, 11) is 0. The van der Waals surface area contributed by atoms with Gasteiger partial charge in [-0.15, -0.1) is 0 Å². The first-order valence-electron chi connectivity index (χ1n) is 5.68. The van der Waals surface area contributed by atoms with Crippen molar-refractivity contribution in [3.05, 3.63) is 0 Å². The Morgan fingerprint density at radius 2 is 1.93 bits per heavy atom. The van der Waals surface area contributed by atoms with Gasteiger partial charge >= 0.3 is 0 Å². The van der Waals surface area contributed by atoms with Crippen molar-refractivity contribution in [2.24, 2.45) is 5.92 Å². The molecular formula is C12H17NO. The van der Waals surface area contributed by atoms with Crippen LogP contribution in [-0.2, 0) is 4.79 Å². The third-order valence-electron chi connectivity index (χ3n) is 3.08. The van der Waals surface area contributed by atoms with Crippen LogP contribution < -0.4 is 0 Å². The van der Waals surface area contributed by atoms with Crippen LogP contribution in [0.25, 0.3) is 0 Å². The second-order valence-electron chi connectivity index (χ2n) is 4.24. The van der Waals surface area contributed by atoms with Crippen LogP contribution in [0.4, 0.5) is 0 Å². The van der Waals surface area contributed by atoms with E-state index in [4.69, 9.17) is 0 Å². The van der Waals surface area contributed by atoms with Crippen LogP contribution >= 0.6 is 0 Å². The van der Waals surface area contributed by atoms with Crippen molar-refractivity contribution >= 4 is 5.91 Å². The molecule has 2 rings (SSSR count). The van der Waals surface area contributed by atoms with Crippen LogP contribution in [0, 0.1) is 17.9 Å². The summed E-state index contributed by atoms with van der Waals surface area (Å²) in [6, 6.07) is 3.03. The predicted molar refractivity (Wildman–Crippen MR) is 55.3 cm³/mol. The predicted octanol–water partition coefficient (Wildman–Crippen LogP) is 2.15. The average molecular weight is 191 g/mol. The van der Waals surface area contributed by atoms with Gasteiger partial charge in [0.2, 0.25) is 5.91 Å². The standard InChI is InChI=1S/C12H17NO/c14-12-7-4-9-13(12)10-8-11-5-2-1-3-6-11/h11H,1-7,9H2. The number of nitrogens with zero attached hydrogens (tertiary/aromatic N) is 1. The number of carbonyl (C=O) groups is 1. The molecule has 1 saturated heterocycles. The van der Waals surface area contributed by atoms with E-state index in [2.05, 4.69) is 12.0 Å². The van der Waals surface area contributed by atoms with Crippen molar-refractivity contribution in [3.8, 4) is 12.0 Å². The number of hydrogen-bond acceptors (Lipinski definition) is 1. The fraction of sp³-hybridized carbons (Fsp3) is 0.750. The summed E-state index contributed by atoms with van der Waals surface area (Å²) < 4.78 is 0. The van der Waals surface area contributed by atoms with Gasteiger partial charge in [0.25, 0.3) is 0 Å². The maximum atomic E-state index is 11.3. The Morgan fingerprint density at radius 3 is 2.57 bits per heavy atom. The highest BCUT2D eigenvalue weighted by Gasteiger charge is 2.18. The van der Waals surface area contributed by atoms with E-state index in [0.29, 0.717) is 12.3 Å². The SMILES string of the molecule is O=C1CCCN1C#CC1CCCCC1. The Hall–Kier alpha value is -0.970. The third-order valence-corrected chi connectivity index (χ3v) is 3.08. The monoisotopic (exact) mass is 191 g/mol. The fourth-order valence-corrected chi connectivity index (χ4v) is 2.18. The molecule has 0 bridgehead atoms. The number of amides is 1. The molecule has 0 unspecified atom stereocenters. The van der Waals surface area contributed by atoms with Gasteiger partial charge in [-0.3, -0.25) is 9.69 Å². The van der Waals surface area contributed by atoms with Gasteiger partial charge < -0.3 is 0 Å². The second-order valence-corrected chi connectivity index (χ2v) is 4.24. The van der Waals surface area contributed by atoms with Crippen LogP contribution in [0.15, 0.2) is 0 Å². The smallest absolute Gasteiger partial charge is 0.234 e. The molecule has 1 saturated carbocycles. The lowest BCUT2D eigenvalue weighted by atomic mass is 9.90. The molecule has 0 aromatic rings. The molecule has 76 valence electrons. The van der Waals surface area contributed by atoms with Crippen LogP contribution in [0.3, 0.4) is 0 Å². The normalized spacial score (nSPS) is 23.4. The molecule has 2 heteroatoms. The molecule has 1 aliphatic carbocycles. The number of carbonyl (C=O) groups excluding carboxylic acids is 1. The van der Waals surface area contributed by atoms with Crippen molar-refractivity contribution in [2.45, 2.75) is 44.9 Å². The number of hydrogen-bond donors (Lipinski definition) is 0. The van der Waals surface area contributed by atoms with E-state index in [-0.39, 0.29) is 5.91 Å². The summed E-state index contributed by atoms with van der Waals surface area (Å²) in [6.45, 7) is 0.846. The first-order chi connectivity index (χ1) is 6.86. The zero-order valence-electron chi connectivity index (χ0n) is 8.59. The minimum Gasteiger partial charge on any atom is -0.274 e. The zero-order valence-corrected chi connectivity index (χ0v) is 8.59. The first kappa shape index (κ1) is 9.58. The summed E-state index contributed by atoms with van der Waals surface area (Å²) in [5, 5.41) is 0. The minimum absolute atomic E-state index is 0.216. The third kappa shape index (κ3) is 2.29. The molecular weight excluding hydrogens is 174 g/mol. The molecule has 0 radical (unpaired) electrons. The molecule has 1 amide bonds. The highest BCUT2D eigenvalue weighted by molar-refractivity contribution is 5.79. The van der Waals surface area contributed by atoms with Gasteiger partial charge in [0.1, 0.15) is 0 Å². The highest BCUT2D eigenvalue weighted by atomic mass is 16.2.